The van der Waals surface area contributed by atoms with Gasteiger partial charge in [0, 0.05) is 77.5 Å². The summed E-state index contributed by atoms with van der Waals surface area (Å²) in [6.07, 6.45) is 14.7. The molecule has 0 radical (unpaired) electrons. The number of fused-ring (bicyclic) bond motifs is 3. The summed E-state index contributed by atoms with van der Waals surface area (Å²) in [5, 5.41) is 8.54. The number of methoxy groups -OCH3 is 6. The smallest absolute Gasteiger partial charge is 0.329 e. The van der Waals surface area contributed by atoms with Crippen LogP contribution in [0.25, 0.3) is 66.4 Å². The second kappa shape index (κ2) is 42.9. The maximum Gasteiger partial charge on any atom is 0.329 e. The van der Waals surface area contributed by atoms with Gasteiger partial charge in [0.1, 0.15) is 59.2 Å². The normalized spacial score (nSPS) is 13.6. The molecule has 5 aliphatic rings. The quantitative estimate of drug-likeness (QED) is 0.0403. The van der Waals surface area contributed by atoms with E-state index >= 15 is 0 Å². The van der Waals surface area contributed by atoms with Crippen LogP contribution in [0.1, 0.15) is 58.3 Å². The van der Waals surface area contributed by atoms with Crippen molar-refractivity contribution in [2.24, 2.45) is 25.7 Å². The molecular weight excluding hydrogens is 1650 g/mol. The summed E-state index contributed by atoms with van der Waals surface area (Å²) in [4.78, 5) is 92.2. The monoisotopic (exact) mass is 1750 g/mol. The van der Waals surface area contributed by atoms with E-state index < -0.39 is 5.69 Å². The highest BCUT2D eigenvalue weighted by molar-refractivity contribution is 6.09. The van der Waals surface area contributed by atoms with Crippen LogP contribution >= 0.6 is 0 Å². The number of nitrogens with one attached hydrogen (secondary N) is 2. The molecule has 0 saturated carbocycles. The first-order valence-corrected chi connectivity index (χ1v) is 42.5. The molecule has 5 aliphatic heterocycles. The Morgan fingerprint density at radius 1 is 0.405 bits per heavy atom. The number of likely N-dealkylation sites (N-methyl/N-ethyl adjacent to an activating group) is 1. The molecule has 0 aliphatic carbocycles. The van der Waals surface area contributed by atoms with Crippen LogP contribution in [0.4, 0.5) is 0 Å². The van der Waals surface area contributed by atoms with Crippen molar-refractivity contribution >= 4 is 89.8 Å². The molecule has 10 aromatic carbocycles. The molecule has 4 aromatic heterocycles. The van der Waals surface area contributed by atoms with Gasteiger partial charge in [0.2, 0.25) is 5.91 Å². The summed E-state index contributed by atoms with van der Waals surface area (Å²) in [6, 6.07) is 77.7. The molecule has 662 valence electrons. The zero-order valence-electron chi connectivity index (χ0n) is 73.6. The number of hydrogen-bond donors (Lipinski definition) is 3. The SMILES string of the molecule is COc1cc(OCc2ccccc2)ccc1C1=CC(CCC2=CC(=O)N(C)C(=O)C2)=NC1.COc1cc(OCc2ccccc2)ccc1C1=CC(CN)=NC1.COc1ccc2ncn(CC3=NCC(c4ccccc4OC)=C3)c(=O)c2c1.COc1ccccc1-c1cc(Cn2cnc3ccccc32)[nH]n1.COc1ccccc1C1=CC(Cn2c(=O)[nH]c3ccccc3c2=O)=NC1. The topological polar surface area (TPSA) is 323 Å². The number of imidazole rings is 1. The second-order valence-corrected chi connectivity index (χ2v) is 30.8. The van der Waals surface area contributed by atoms with E-state index in [2.05, 4.69) is 61.8 Å². The highest BCUT2D eigenvalue weighted by atomic mass is 16.5. The lowest BCUT2D eigenvalue weighted by molar-refractivity contribution is -0.140. The van der Waals surface area contributed by atoms with Crippen LogP contribution in [-0.4, -0.2) is 161 Å². The predicted molar refractivity (Wildman–Crippen MR) is 514 cm³/mol. The van der Waals surface area contributed by atoms with Gasteiger partial charge in [-0.15, -0.1) is 0 Å². The molecule has 19 rings (SSSR count). The Morgan fingerprint density at radius 3 is 1.47 bits per heavy atom. The molecule has 2 amide bonds. The molecule has 0 bridgehead atoms. The Kier molecular flexibility index (Phi) is 29.4. The van der Waals surface area contributed by atoms with Gasteiger partial charge >= 0.3 is 5.69 Å². The van der Waals surface area contributed by atoms with Crippen molar-refractivity contribution in [1.29, 1.82) is 0 Å². The summed E-state index contributed by atoms with van der Waals surface area (Å²) in [6.45, 7) is 4.99. The molecule has 9 heterocycles. The lowest BCUT2D eigenvalue weighted by Gasteiger charge is -2.20. The first-order valence-electron chi connectivity index (χ1n) is 42.5. The number of aromatic amines is 2. The van der Waals surface area contributed by atoms with E-state index in [9.17, 15) is 24.0 Å². The van der Waals surface area contributed by atoms with E-state index in [-0.39, 0.29) is 29.5 Å². The van der Waals surface area contributed by atoms with Crippen LogP contribution in [0.15, 0.2) is 326 Å². The Morgan fingerprint density at radius 2 is 0.893 bits per heavy atom. The van der Waals surface area contributed by atoms with Crippen molar-refractivity contribution in [3.05, 3.63) is 362 Å². The van der Waals surface area contributed by atoms with Gasteiger partial charge in [0.15, 0.2) is 0 Å². The van der Waals surface area contributed by atoms with Gasteiger partial charge in [0.25, 0.3) is 17.0 Å². The van der Waals surface area contributed by atoms with Crippen LogP contribution in [0.5, 0.6) is 46.0 Å². The maximum absolute atomic E-state index is 12.8. The summed E-state index contributed by atoms with van der Waals surface area (Å²) in [5.41, 5.74) is 25.8. The predicted octanol–water partition coefficient (Wildman–Crippen LogP) is 16.0. The molecule has 131 heavy (non-hydrogen) atoms. The van der Waals surface area contributed by atoms with Gasteiger partial charge in [-0.25, -0.2) is 14.8 Å². The molecule has 27 nitrogen and oxygen atoms in total. The van der Waals surface area contributed by atoms with Crippen LogP contribution in [0.3, 0.4) is 0 Å². The number of imide groups is 1. The van der Waals surface area contributed by atoms with E-state index in [1.807, 2.05) is 219 Å². The minimum atomic E-state index is -0.435. The Labute approximate surface area is 755 Å². The standard InChI is InChI=1S/C26H26N2O4.C21H19N3O3.C20H17N3O3.C19H20N2O2.C18H16N4O/c1-28-25(29)12-19(13-26(28)30)8-9-21-14-20(16-27-21)23-11-10-22(15-24(23)31-2)32-17-18-6-4-3-5-7-18;1-26-16-7-8-19-18(10-16)21(25)24(13-23-19)12-15-9-14(11-22-15)17-5-3-4-6-20(17)27-2;1-26-18-9-5-3-6-15(18)13-10-14(21-11-13)12-23-19(24)16-7-2-4-8-17(16)22-20(23)25;1-22-19-10-17(23-13-14-5-3-2-4-6-14)7-8-18(19)15-9-16(11-20)21-12-15;1-23-18-9-5-2-6-14(18)16-10-13(20-21-16)11-22-12-19-15-7-3-4-8-17(15)22/h3-7,10-12,14-15H,8-9,13,16-17H2,1-2H3;3-10,13H,11-12H2,1-2H3;2-10H,11-12H2,1H3,(H,22,25);2-10H,11-13,20H2,1H3;2-10,12H,11H2,1H3,(H,20,21). The second-order valence-electron chi connectivity index (χ2n) is 30.8. The van der Waals surface area contributed by atoms with Gasteiger partial charge in [-0.3, -0.25) is 58.3 Å². The van der Waals surface area contributed by atoms with Crippen molar-refractivity contribution < 1.29 is 47.5 Å². The lowest BCUT2D eigenvalue weighted by atomic mass is 9.99. The molecule has 0 unspecified atom stereocenters. The average Bonchev–Trinajstić information content (AvgIpc) is 1.78. The van der Waals surface area contributed by atoms with Gasteiger partial charge < -0.3 is 53.2 Å². The van der Waals surface area contributed by atoms with Crippen molar-refractivity contribution in [3.63, 3.8) is 0 Å². The number of H-pyrrole nitrogens is 2. The number of allylic oxidation sites excluding steroid dienone is 3. The molecule has 0 atom stereocenters. The number of carbonyl (C=O) groups is 2. The number of aromatic nitrogens is 8. The van der Waals surface area contributed by atoms with Crippen LogP contribution in [0.2, 0.25) is 0 Å². The van der Waals surface area contributed by atoms with Gasteiger partial charge in [-0.1, -0.05) is 139 Å². The van der Waals surface area contributed by atoms with Crippen molar-refractivity contribution in [3.8, 4) is 57.3 Å². The fraction of sp³-hybridized carbons (Fsp3) is 0.192. The molecular formula is C104H98N14O13. The lowest BCUT2D eigenvalue weighted by Crippen LogP contribution is -2.36. The molecule has 4 N–H and O–H groups in total. The van der Waals surface area contributed by atoms with Crippen LogP contribution in [-0.2, 0) is 42.4 Å². The number of nitrogens with zero attached hydrogens (tertiary/aromatic N) is 11. The molecule has 0 fully saturated rings. The van der Waals surface area contributed by atoms with Crippen molar-refractivity contribution in [2.75, 3.05) is 82.4 Å². The van der Waals surface area contributed by atoms with Gasteiger partial charge in [0.05, 0.1) is 157 Å². The van der Waals surface area contributed by atoms with E-state index in [0.717, 1.165) is 152 Å². The third-order valence-corrected chi connectivity index (χ3v) is 22.4. The number of benzene rings is 10. The van der Waals surface area contributed by atoms with Crippen LogP contribution < -0.4 is 60.4 Å². The number of ether oxygens (including phenoxy) is 8. The minimum Gasteiger partial charge on any atom is -0.497 e. The van der Waals surface area contributed by atoms with E-state index in [4.69, 9.17) is 43.6 Å². The first-order chi connectivity index (χ1) is 64.0. The fourth-order valence-corrected chi connectivity index (χ4v) is 15.4. The molecule has 14 aromatic rings. The number of amides is 2. The zero-order valence-corrected chi connectivity index (χ0v) is 73.6. The Balaban J connectivity index is 0.000000126. The Bertz CT molecular complexity index is 7030. The number of rotatable bonds is 27. The zero-order chi connectivity index (χ0) is 91.1. The minimum absolute atomic E-state index is 0.110. The first kappa shape index (κ1) is 89.7. The van der Waals surface area contributed by atoms with E-state index in [1.54, 1.807) is 102 Å². The summed E-state index contributed by atoms with van der Waals surface area (Å²) in [5.74, 6) is 5.70. The number of aliphatic imine (C=N–C) groups is 4. The number of carbonyl (C=O) groups excluding carboxylic acids is 2. The highest BCUT2D eigenvalue weighted by Crippen LogP contribution is 2.37. The fourth-order valence-electron chi connectivity index (χ4n) is 15.4. The van der Waals surface area contributed by atoms with Gasteiger partial charge in [-0.05, 0) is 168 Å². The summed E-state index contributed by atoms with van der Waals surface area (Å²) in [7, 11) is 11.4. The van der Waals surface area contributed by atoms with E-state index in [0.29, 0.717) is 112 Å². The average molecular weight is 1750 g/mol. The third-order valence-electron chi connectivity index (χ3n) is 22.4. The number of nitrogens with two attached hydrogens (primary N) is 1. The van der Waals surface area contributed by atoms with Crippen molar-refractivity contribution in [2.45, 2.75) is 52.1 Å². The van der Waals surface area contributed by atoms with Crippen molar-refractivity contribution in [1.82, 2.24) is 43.8 Å². The molecule has 0 spiro atoms. The number of hydrogen-bond acceptors (Lipinski definition) is 21. The van der Waals surface area contributed by atoms with E-state index in [1.165, 1.54) is 11.6 Å². The van der Waals surface area contributed by atoms with Gasteiger partial charge in [-0.2, -0.15) is 5.10 Å². The highest BCUT2D eigenvalue weighted by Gasteiger charge is 2.26. The Hall–Kier alpha value is -16.2. The summed E-state index contributed by atoms with van der Waals surface area (Å²) >= 11 is 0. The van der Waals surface area contributed by atoms with Crippen LogP contribution in [0, 0.1) is 0 Å². The summed E-state index contributed by atoms with van der Waals surface area (Å²) < 4.78 is 49.2. The molecule has 27 heteroatoms. The third kappa shape index (κ3) is 22.1. The number of para-hydroxylation sites is 6. The molecule has 0 saturated heterocycles. The maximum atomic E-state index is 12.8. The largest absolute Gasteiger partial charge is 0.497 e.